The van der Waals surface area contributed by atoms with Crippen LogP contribution < -0.4 is 0 Å². The molecule has 4 rings (SSSR count). The summed E-state index contributed by atoms with van der Waals surface area (Å²) in [6.07, 6.45) is 3.55. The highest BCUT2D eigenvalue weighted by Crippen LogP contribution is 2.26. The van der Waals surface area contributed by atoms with Gasteiger partial charge in [-0.15, -0.1) is 0 Å². The Hall–Kier alpha value is -2.40. The van der Waals surface area contributed by atoms with Crippen LogP contribution >= 0.6 is 0 Å². The van der Waals surface area contributed by atoms with Crippen LogP contribution in [0.4, 0.5) is 8.78 Å². The van der Waals surface area contributed by atoms with E-state index in [1.807, 2.05) is 4.90 Å². The van der Waals surface area contributed by atoms with Crippen LogP contribution in [-0.2, 0) is 19.4 Å². The Morgan fingerprint density at radius 3 is 2.13 bits per heavy atom. The first-order valence-corrected chi connectivity index (χ1v) is 14.7. The second kappa shape index (κ2) is 14.7. The molecule has 2 aromatic rings. The standard InChI is InChI=1S/C22H33FN2O5S.C6H5F/c1-30-16-21(22(26)27)25-12-8-18(15-25)14-24-10-6-17(7-11-24)9-13-31(28,29)20-4-2-19(23)3-5-20;7-6-4-2-1-3-5-6/h2-5,17-18,21H,6-16H2,1H3,(H,26,27);1-5H. The maximum Gasteiger partial charge on any atom is 0.323 e. The van der Waals surface area contributed by atoms with Gasteiger partial charge in [0.2, 0.25) is 0 Å². The topological polar surface area (TPSA) is 87.2 Å². The molecule has 2 heterocycles. The number of hydrogen-bond donors (Lipinski definition) is 1. The van der Waals surface area contributed by atoms with Gasteiger partial charge in [0.15, 0.2) is 9.84 Å². The Balaban J connectivity index is 0.000000494. The zero-order valence-corrected chi connectivity index (χ0v) is 22.7. The summed E-state index contributed by atoms with van der Waals surface area (Å²) in [7, 11) is -1.85. The lowest BCUT2D eigenvalue weighted by Crippen LogP contribution is -2.44. The number of rotatable bonds is 10. The van der Waals surface area contributed by atoms with Gasteiger partial charge >= 0.3 is 5.97 Å². The van der Waals surface area contributed by atoms with E-state index < -0.39 is 27.7 Å². The molecule has 210 valence electrons. The van der Waals surface area contributed by atoms with Gasteiger partial charge in [-0.2, -0.15) is 0 Å². The Labute approximate surface area is 224 Å². The molecule has 2 aromatic carbocycles. The number of piperidine rings is 1. The molecular formula is C28H38F2N2O5S. The molecule has 0 spiro atoms. The summed E-state index contributed by atoms with van der Waals surface area (Å²) < 4.78 is 54.9. The minimum Gasteiger partial charge on any atom is -0.480 e. The molecule has 0 aromatic heterocycles. The van der Waals surface area contributed by atoms with Crippen LogP contribution in [-0.4, -0.2) is 87.5 Å². The smallest absolute Gasteiger partial charge is 0.323 e. The number of carboxylic acid groups (broad SMARTS) is 1. The van der Waals surface area contributed by atoms with Gasteiger partial charge in [-0.25, -0.2) is 17.2 Å². The minimum absolute atomic E-state index is 0.0942. The van der Waals surface area contributed by atoms with Crippen LogP contribution in [0.5, 0.6) is 0 Å². The molecule has 0 radical (unpaired) electrons. The van der Waals surface area contributed by atoms with E-state index in [9.17, 15) is 27.1 Å². The lowest BCUT2D eigenvalue weighted by atomic mass is 9.93. The molecule has 10 heteroatoms. The Morgan fingerprint density at radius 2 is 1.58 bits per heavy atom. The van der Waals surface area contributed by atoms with E-state index in [0.717, 1.165) is 52.0 Å². The van der Waals surface area contributed by atoms with Crippen LogP contribution in [0.15, 0.2) is 59.5 Å². The molecule has 1 N–H and O–H groups in total. The molecular weight excluding hydrogens is 514 g/mol. The van der Waals surface area contributed by atoms with Gasteiger partial charge < -0.3 is 14.7 Å². The molecule has 2 atom stereocenters. The monoisotopic (exact) mass is 552 g/mol. The van der Waals surface area contributed by atoms with E-state index in [4.69, 9.17) is 4.74 Å². The van der Waals surface area contributed by atoms with Crippen LogP contribution in [0.1, 0.15) is 25.7 Å². The second-order valence-electron chi connectivity index (χ2n) is 10.1. The van der Waals surface area contributed by atoms with Crippen LogP contribution in [0, 0.1) is 23.5 Å². The number of carbonyl (C=O) groups is 1. The van der Waals surface area contributed by atoms with E-state index in [2.05, 4.69) is 4.90 Å². The Kier molecular flexibility index (Phi) is 11.6. The van der Waals surface area contributed by atoms with Crippen molar-refractivity contribution in [3.63, 3.8) is 0 Å². The minimum atomic E-state index is -3.38. The molecule has 2 aliphatic rings. The number of nitrogens with zero attached hydrogens (tertiary/aromatic N) is 2. The van der Waals surface area contributed by atoms with Crippen molar-refractivity contribution in [1.29, 1.82) is 0 Å². The van der Waals surface area contributed by atoms with Crippen molar-refractivity contribution in [3.05, 3.63) is 66.2 Å². The molecule has 2 unspecified atom stereocenters. The lowest BCUT2D eigenvalue weighted by molar-refractivity contribution is -0.144. The third kappa shape index (κ3) is 9.41. The molecule has 0 amide bonds. The van der Waals surface area contributed by atoms with Crippen molar-refractivity contribution in [1.82, 2.24) is 9.80 Å². The number of halogens is 2. The Bertz CT molecular complexity index is 1090. The van der Waals surface area contributed by atoms with E-state index in [1.54, 1.807) is 18.2 Å². The number of likely N-dealkylation sites (tertiary alicyclic amines) is 2. The SMILES string of the molecule is COCC(C(=O)O)N1CCC(CN2CCC(CCS(=O)(=O)c3ccc(F)cc3)CC2)C1.Fc1ccccc1. The molecule has 38 heavy (non-hydrogen) atoms. The number of ether oxygens (including phenoxy) is 1. The van der Waals surface area contributed by atoms with Crippen molar-refractivity contribution >= 4 is 15.8 Å². The molecule has 0 aliphatic carbocycles. The largest absolute Gasteiger partial charge is 0.480 e. The molecule has 2 fully saturated rings. The first-order chi connectivity index (χ1) is 18.2. The van der Waals surface area contributed by atoms with Gasteiger partial charge in [-0.3, -0.25) is 9.69 Å². The fraction of sp³-hybridized carbons (Fsp3) is 0.536. The van der Waals surface area contributed by atoms with E-state index in [1.165, 1.54) is 43.5 Å². The zero-order valence-electron chi connectivity index (χ0n) is 21.8. The van der Waals surface area contributed by atoms with Crippen LogP contribution in [0.3, 0.4) is 0 Å². The summed E-state index contributed by atoms with van der Waals surface area (Å²) in [5.41, 5.74) is 0. The highest BCUT2D eigenvalue weighted by atomic mass is 32.2. The first kappa shape index (κ1) is 30.1. The third-order valence-corrected chi connectivity index (χ3v) is 9.06. The van der Waals surface area contributed by atoms with Gasteiger partial charge in [0.05, 0.1) is 17.3 Å². The number of carboxylic acids is 1. The third-order valence-electron chi connectivity index (χ3n) is 7.29. The molecule has 2 aliphatic heterocycles. The summed E-state index contributed by atoms with van der Waals surface area (Å²) in [5, 5.41) is 9.40. The first-order valence-electron chi connectivity index (χ1n) is 13.0. The second-order valence-corrected chi connectivity index (χ2v) is 12.2. The summed E-state index contributed by atoms with van der Waals surface area (Å²) in [6, 6.07) is 12.4. The average Bonchev–Trinajstić information content (AvgIpc) is 3.35. The van der Waals surface area contributed by atoms with Gasteiger partial charge in [0.1, 0.15) is 17.7 Å². The predicted molar refractivity (Wildman–Crippen MR) is 142 cm³/mol. The lowest BCUT2D eigenvalue weighted by Gasteiger charge is -2.33. The van der Waals surface area contributed by atoms with E-state index in [-0.39, 0.29) is 23.1 Å². The summed E-state index contributed by atoms with van der Waals surface area (Å²) >= 11 is 0. The van der Waals surface area contributed by atoms with Crippen molar-refractivity contribution in [2.75, 3.05) is 52.2 Å². The van der Waals surface area contributed by atoms with Gasteiger partial charge in [0, 0.05) is 20.2 Å². The quantitative estimate of drug-likeness (QED) is 0.447. The number of sulfone groups is 1. The molecule has 0 bridgehead atoms. The fourth-order valence-corrected chi connectivity index (χ4v) is 6.53. The summed E-state index contributed by atoms with van der Waals surface area (Å²) in [6.45, 7) is 4.60. The Morgan fingerprint density at radius 1 is 0.974 bits per heavy atom. The van der Waals surface area contributed by atoms with Crippen molar-refractivity contribution < 1.29 is 31.8 Å². The normalized spacial score (nSPS) is 20.0. The summed E-state index contributed by atoms with van der Waals surface area (Å²) in [5.74, 6) is -0.522. The maximum absolute atomic E-state index is 13.0. The molecule has 7 nitrogen and oxygen atoms in total. The van der Waals surface area contributed by atoms with E-state index in [0.29, 0.717) is 18.3 Å². The number of benzene rings is 2. The maximum atomic E-state index is 13.0. The number of aliphatic carboxylic acids is 1. The fourth-order valence-electron chi connectivity index (χ4n) is 5.10. The number of hydrogen-bond acceptors (Lipinski definition) is 6. The van der Waals surface area contributed by atoms with Crippen molar-refractivity contribution in [2.45, 2.75) is 36.6 Å². The van der Waals surface area contributed by atoms with Gasteiger partial charge in [-0.05, 0) is 93.6 Å². The zero-order chi connectivity index (χ0) is 27.5. The van der Waals surface area contributed by atoms with E-state index >= 15 is 0 Å². The van der Waals surface area contributed by atoms with Crippen molar-refractivity contribution in [3.8, 4) is 0 Å². The highest BCUT2D eigenvalue weighted by Gasteiger charge is 2.33. The summed E-state index contributed by atoms with van der Waals surface area (Å²) in [4.78, 5) is 16.1. The highest BCUT2D eigenvalue weighted by molar-refractivity contribution is 7.91. The molecule has 0 saturated carbocycles. The van der Waals surface area contributed by atoms with Crippen LogP contribution in [0.25, 0.3) is 0 Å². The van der Waals surface area contributed by atoms with Gasteiger partial charge in [0.25, 0.3) is 0 Å². The molecule has 2 saturated heterocycles. The van der Waals surface area contributed by atoms with Gasteiger partial charge in [-0.1, -0.05) is 18.2 Å². The number of methoxy groups -OCH3 is 1. The van der Waals surface area contributed by atoms with Crippen molar-refractivity contribution in [2.24, 2.45) is 11.8 Å². The van der Waals surface area contributed by atoms with Crippen LogP contribution in [0.2, 0.25) is 0 Å². The average molecular weight is 553 g/mol. The predicted octanol–water partition coefficient (Wildman–Crippen LogP) is 3.95.